The molecule has 0 spiro atoms. The van der Waals surface area contributed by atoms with E-state index >= 15 is 0 Å². The normalized spacial score (nSPS) is 16.9. The number of hydrogen-bond acceptors (Lipinski definition) is 5. The van der Waals surface area contributed by atoms with Crippen LogP contribution >= 0.6 is 0 Å². The van der Waals surface area contributed by atoms with Crippen molar-refractivity contribution in [1.82, 2.24) is 14.9 Å². The summed E-state index contributed by atoms with van der Waals surface area (Å²) in [4.78, 5) is 13.3. The van der Waals surface area contributed by atoms with E-state index in [-0.39, 0.29) is 17.9 Å². The van der Waals surface area contributed by atoms with Crippen molar-refractivity contribution in [2.45, 2.75) is 39.3 Å². The quantitative estimate of drug-likeness (QED) is 0.728. The Hall–Kier alpha value is -0.860. The molecule has 0 unspecified atom stereocenters. The predicted molar refractivity (Wildman–Crippen MR) is 77.1 cm³/mol. The second kappa shape index (κ2) is 6.73. The average Bonchev–Trinajstić information content (AvgIpc) is 2.18. The Kier molecular flexibility index (Phi) is 5.79. The molecule has 8 heteroatoms. The number of carbonyl (C=O) groups is 1. The SMILES string of the molecule is CCNS(=O)(=O)CCNC1CN(C(=O)OC(C)(C)C)C1. The fourth-order valence-corrected chi connectivity index (χ4v) is 2.74. The number of amides is 1. The van der Waals surface area contributed by atoms with Gasteiger partial charge in [-0.25, -0.2) is 17.9 Å². The number of likely N-dealkylation sites (tertiary alicyclic amines) is 1. The number of nitrogens with zero attached hydrogens (tertiary/aromatic N) is 1. The van der Waals surface area contributed by atoms with E-state index in [0.717, 1.165) is 0 Å². The van der Waals surface area contributed by atoms with Crippen LogP contribution in [0.15, 0.2) is 0 Å². The molecular formula is C12H25N3O4S. The largest absolute Gasteiger partial charge is 0.444 e. The van der Waals surface area contributed by atoms with Crippen molar-refractivity contribution in [2.75, 3.05) is 31.9 Å². The molecule has 0 radical (unpaired) electrons. The zero-order chi connectivity index (χ0) is 15.4. The van der Waals surface area contributed by atoms with Crippen LogP contribution in [-0.4, -0.2) is 63.0 Å². The van der Waals surface area contributed by atoms with Crippen molar-refractivity contribution in [2.24, 2.45) is 0 Å². The van der Waals surface area contributed by atoms with Crippen LogP contribution in [0.3, 0.4) is 0 Å². The van der Waals surface area contributed by atoms with E-state index < -0.39 is 15.6 Å². The molecule has 1 amide bonds. The van der Waals surface area contributed by atoms with E-state index in [9.17, 15) is 13.2 Å². The highest BCUT2D eigenvalue weighted by Gasteiger charge is 2.33. The van der Waals surface area contributed by atoms with Crippen LogP contribution in [0.1, 0.15) is 27.7 Å². The Morgan fingerprint density at radius 3 is 2.45 bits per heavy atom. The third-order valence-electron chi connectivity index (χ3n) is 2.70. The first kappa shape index (κ1) is 17.2. The van der Waals surface area contributed by atoms with E-state index in [1.54, 1.807) is 11.8 Å². The van der Waals surface area contributed by atoms with Crippen molar-refractivity contribution in [1.29, 1.82) is 0 Å². The summed E-state index contributed by atoms with van der Waals surface area (Å²) in [6, 6.07) is 0.138. The first-order valence-corrected chi connectivity index (χ1v) is 8.47. The number of sulfonamides is 1. The summed E-state index contributed by atoms with van der Waals surface area (Å²) in [5.41, 5.74) is -0.491. The standard InChI is InChI=1S/C12H25N3O4S/c1-5-14-20(17,18)7-6-13-10-8-15(9-10)11(16)19-12(2,3)4/h10,13-14H,5-9H2,1-4H3. The molecule has 1 aliphatic heterocycles. The molecule has 1 heterocycles. The molecule has 118 valence electrons. The molecule has 0 aromatic carbocycles. The third-order valence-corrected chi connectivity index (χ3v) is 4.17. The lowest BCUT2D eigenvalue weighted by atomic mass is 10.1. The molecule has 2 N–H and O–H groups in total. The maximum absolute atomic E-state index is 11.7. The van der Waals surface area contributed by atoms with Crippen LogP contribution in [0.4, 0.5) is 4.79 Å². The van der Waals surface area contributed by atoms with Gasteiger partial charge < -0.3 is 15.0 Å². The fourth-order valence-electron chi connectivity index (χ4n) is 1.77. The van der Waals surface area contributed by atoms with E-state index in [4.69, 9.17) is 4.74 Å². The lowest BCUT2D eigenvalue weighted by Crippen LogP contribution is -2.61. The minimum absolute atomic E-state index is 0.0454. The van der Waals surface area contributed by atoms with Crippen molar-refractivity contribution in [3.8, 4) is 0 Å². The Labute approximate surface area is 121 Å². The van der Waals surface area contributed by atoms with Crippen molar-refractivity contribution >= 4 is 16.1 Å². The van der Waals surface area contributed by atoms with Gasteiger partial charge in [-0.3, -0.25) is 0 Å². The number of nitrogens with one attached hydrogen (secondary N) is 2. The Bertz CT molecular complexity index is 424. The van der Waals surface area contributed by atoms with Gasteiger partial charge in [0.25, 0.3) is 0 Å². The highest BCUT2D eigenvalue weighted by molar-refractivity contribution is 7.89. The van der Waals surface area contributed by atoms with Gasteiger partial charge in [-0.05, 0) is 20.8 Å². The van der Waals surface area contributed by atoms with Gasteiger partial charge in [0.1, 0.15) is 5.60 Å². The minimum atomic E-state index is -3.18. The van der Waals surface area contributed by atoms with E-state index in [2.05, 4.69) is 10.0 Å². The van der Waals surface area contributed by atoms with Crippen LogP contribution in [0.25, 0.3) is 0 Å². The summed E-state index contributed by atoms with van der Waals surface area (Å²) in [5, 5.41) is 3.11. The first-order chi connectivity index (χ1) is 9.13. The van der Waals surface area contributed by atoms with Crippen LogP contribution in [0, 0.1) is 0 Å². The van der Waals surface area contributed by atoms with Gasteiger partial charge in [-0.1, -0.05) is 6.92 Å². The molecule has 1 aliphatic rings. The van der Waals surface area contributed by atoms with E-state index in [0.29, 0.717) is 26.2 Å². The molecule has 0 aromatic heterocycles. The second-order valence-corrected chi connectivity index (χ2v) is 7.78. The first-order valence-electron chi connectivity index (χ1n) is 6.81. The van der Waals surface area contributed by atoms with Crippen molar-refractivity contribution in [3.05, 3.63) is 0 Å². The van der Waals surface area contributed by atoms with Crippen LogP contribution in [-0.2, 0) is 14.8 Å². The van der Waals surface area contributed by atoms with E-state index in [1.165, 1.54) is 0 Å². The van der Waals surface area contributed by atoms with E-state index in [1.807, 2.05) is 20.8 Å². The molecule has 1 fully saturated rings. The molecule has 7 nitrogen and oxygen atoms in total. The summed E-state index contributed by atoms with van der Waals surface area (Å²) >= 11 is 0. The molecule has 1 saturated heterocycles. The van der Waals surface area contributed by atoms with Gasteiger partial charge in [0.05, 0.1) is 5.75 Å². The number of rotatable bonds is 6. The molecule has 1 rings (SSSR count). The predicted octanol–water partition coefficient (Wildman–Crippen LogP) is 0.135. The van der Waals surface area contributed by atoms with Crippen molar-refractivity contribution < 1.29 is 17.9 Å². The second-order valence-electron chi connectivity index (χ2n) is 5.85. The number of carbonyl (C=O) groups excluding carboxylic acids is 1. The molecule has 0 bridgehead atoms. The molecule has 0 aromatic rings. The monoisotopic (exact) mass is 307 g/mol. The zero-order valence-electron chi connectivity index (χ0n) is 12.6. The zero-order valence-corrected chi connectivity index (χ0v) is 13.4. The van der Waals surface area contributed by atoms with Gasteiger partial charge >= 0.3 is 6.09 Å². The van der Waals surface area contributed by atoms with Gasteiger partial charge in [-0.2, -0.15) is 0 Å². The summed E-state index contributed by atoms with van der Waals surface area (Å²) in [6.45, 7) is 9.10. The minimum Gasteiger partial charge on any atom is -0.444 e. The average molecular weight is 307 g/mol. The number of ether oxygens (including phenoxy) is 1. The van der Waals surface area contributed by atoms with Gasteiger partial charge in [-0.15, -0.1) is 0 Å². The highest BCUT2D eigenvalue weighted by Crippen LogP contribution is 2.14. The molecule has 20 heavy (non-hydrogen) atoms. The number of hydrogen-bond donors (Lipinski definition) is 2. The molecule has 0 atom stereocenters. The molecular weight excluding hydrogens is 282 g/mol. The lowest BCUT2D eigenvalue weighted by molar-refractivity contribution is 0.00554. The Balaban J connectivity index is 2.18. The summed E-state index contributed by atoms with van der Waals surface area (Å²) in [7, 11) is -3.18. The van der Waals surface area contributed by atoms with Gasteiger partial charge in [0, 0.05) is 32.2 Å². The Morgan fingerprint density at radius 1 is 1.35 bits per heavy atom. The summed E-state index contributed by atoms with van der Waals surface area (Å²) < 4.78 is 30.5. The highest BCUT2D eigenvalue weighted by atomic mass is 32.2. The third kappa shape index (κ3) is 6.06. The Morgan fingerprint density at radius 2 is 1.95 bits per heavy atom. The van der Waals surface area contributed by atoms with Gasteiger partial charge in [0.15, 0.2) is 0 Å². The fraction of sp³-hybridized carbons (Fsp3) is 0.917. The smallest absolute Gasteiger partial charge is 0.410 e. The molecule has 0 saturated carbocycles. The summed E-state index contributed by atoms with van der Waals surface area (Å²) in [5.74, 6) is 0.0454. The van der Waals surface area contributed by atoms with Gasteiger partial charge in [0.2, 0.25) is 10.0 Å². The lowest BCUT2D eigenvalue weighted by Gasteiger charge is -2.40. The summed E-state index contributed by atoms with van der Waals surface area (Å²) in [6.07, 6.45) is -0.323. The maximum Gasteiger partial charge on any atom is 0.410 e. The van der Waals surface area contributed by atoms with Crippen molar-refractivity contribution in [3.63, 3.8) is 0 Å². The maximum atomic E-state index is 11.7. The van der Waals surface area contributed by atoms with Crippen LogP contribution in [0.5, 0.6) is 0 Å². The van der Waals surface area contributed by atoms with Crippen LogP contribution in [0.2, 0.25) is 0 Å². The van der Waals surface area contributed by atoms with Crippen LogP contribution < -0.4 is 10.0 Å². The molecule has 0 aliphatic carbocycles. The topological polar surface area (TPSA) is 87.7 Å².